The average Bonchev–Trinajstić information content (AvgIpc) is 2.57. The highest BCUT2D eigenvalue weighted by Crippen LogP contribution is 2.30. The zero-order valence-corrected chi connectivity index (χ0v) is 13.7. The third kappa shape index (κ3) is 2.30. The van der Waals surface area contributed by atoms with Crippen molar-refractivity contribution in [1.82, 2.24) is 4.90 Å². The minimum absolute atomic E-state index is 0.00822. The molecule has 0 aliphatic carbocycles. The molecular formula is C19H15NO5. The summed E-state index contributed by atoms with van der Waals surface area (Å²) in [7, 11) is 3.67. The molecule has 0 fully saturated rings. The highest BCUT2D eigenvalue weighted by atomic mass is 16.4. The van der Waals surface area contributed by atoms with Crippen LogP contribution in [-0.4, -0.2) is 24.1 Å². The van der Waals surface area contributed by atoms with Crippen molar-refractivity contribution in [3.05, 3.63) is 62.6 Å². The molecule has 126 valence electrons. The van der Waals surface area contributed by atoms with Crippen LogP contribution in [0.2, 0.25) is 0 Å². The van der Waals surface area contributed by atoms with E-state index in [9.17, 15) is 14.7 Å². The van der Waals surface area contributed by atoms with E-state index in [1.54, 1.807) is 24.3 Å². The van der Waals surface area contributed by atoms with Gasteiger partial charge in [-0.3, -0.25) is 4.79 Å². The highest BCUT2D eigenvalue weighted by Gasteiger charge is 2.19. The number of phenolic OH excluding ortho intramolecular Hbond substituents is 1. The van der Waals surface area contributed by atoms with Crippen LogP contribution < -0.4 is 11.1 Å². The van der Waals surface area contributed by atoms with Crippen LogP contribution >= 0.6 is 0 Å². The van der Waals surface area contributed by atoms with Gasteiger partial charge >= 0.3 is 5.63 Å². The molecule has 4 aromatic rings. The maximum atomic E-state index is 13.1. The zero-order valence-electron chi connectivity index (χ0n) is 13.7. The van der Waals surface area contributed by atoms with Gasteiger partial charge in [0.15, 0.2) is 0 Å². The predicted octanol–water partition coefficient (Wildman–Crippen LogP) is 2.82. The van der Waals surface area contributed by atoms with E-state index >= 15 is 0 Å². The summed E-state index contributed by atoms with van der Waals surface area (Å²) in [6.45, 7) is 0.358. The van der Waals surface area contributed by atoms with Crippen LogP contribution in [0, 0.1) is 0 Å². The lowest BCUT2D eigenvalue weighted by Gasteiger charge is -2.13. The first-order valence-electron chi connectivity index (χ1n) is 7.75. The summed E-state index contributed by atoms with van der Waals surface area (Å²) in [4.78, 5) is 27.2. The first-order valence-corrected chi connectivity index (χ1v) is 7.75. The van der Waals surface area contributed by atoms with E-state index in [1.165, 1.54) is 12.1 Å². The van der Waals surface area contributed by atoms with E-state index in [1.807, 2.05) is 19.0 Å². The zero-order chi connectivity index (χ0) is 17.7. The van der Waals surface area contributed by atoms with Crippen LogP contribution in [0.1, 0.15) is 5.56 Å². The molecule has 25 heavy (non-hydrogen) atoms. The number of hydrogen-bond acceptors (Lipinski definition) is 6. The van der Waals surface area contributed by atoms with Crippen LogP contribution in [0.5, 0.6) is 5.75 Å². The Morgan fingerprint density at radius 3 is 2.48 bits per heavy atom. The van der Waals surface area contributed by atoms with Crippen LogP contribution in [-0.2, 0) is 6.54 Å². The number of benzene rings is 2. The minimum Gasteiger partial charge on any atom is -0.507 e. The van der Waals surface area contributed by atoms with Crippen molar-refractivity contribution < 1.29 is 13.9 Å². The molecule has 6 nitrogen and oxygen atoms in total. The average molecular weight is 337 g/mol. The van der Waals surface area contributed by atoms with Gasteiger partial charge in [-0.25, -0.2) is 4.79 Å². The van der Waals surface area contributed by atoms with Crippen molar-refractivity contribution in [1.29, 1.82) is 0 Å². The summed E-state index contributed by atoms with van der Waals surface area (Å²) in [6.07, 6.45) is 0. The lowest BCUT2D eigenvalue weighted by Crippen LogP contribution is -2.14. The monoisotopic (exact) mass is 337 g/mol. The van der Waals surface area contributed by atoms with Crippen LogP contribution in [0.15, 0.2) is 54.8 Å². The number of nitrogens with zero attached hydrogens (tertiary/aromatic N) is 1. The molecule has 0 aliphatic rings. The molecule has 0 aliphatic heterocycles. The SMILES string of the molecule is CN(C)Cc1c(O)ccc2c(=O)c3c(oc12)c(=O)oc1ccccc13. The molecule has 2 heterocycles. The standard InChI is InChI=1S/C19H15NO5/c1-20(2)9-12-13(21)8-7-11-16(22)15-10-5-3-4-6-14(10)24-19(23)18(15)25-17(11)12/h3-8,21H,9H2,1-2H3. The molecule has 0 amide bonds. The number of fused-ring (bicyclic) bond motifs is 4. The second kappa shape index (κ2) is 5.46. The van der Waals surface area contributed by atoms with Crippen LogP contribution in [0.25, 0.3) is 32.9 Å². The Hall–Kier alpha value is -3.12. The van der Waals surface area contributed by atoms with Gasteiger partial charge in [-0.2, -0.15) is 0 Å². The largest absolute Gasteiger partial charge is 0.507 e. The van der Waals surface area contributed by atoms with Crippen molar-refractivity contribution in [2.75, 3.05) is 14.1 Å². The Labute approximate surface area is 141 Å². The van der Waals surface area contributed by atoms with Gasteiger partial charge in [-0.15, -0.1) is 0 Å². The molecule has 2 aromatic carbocycles. The molecule has 1 N–H and O–H groups in total. The highest BCUT2D eigenvalue weighted by molar-refractivity contribution is 6.05. The van der Waals surface area contributed by atoms with Gasteiger partial charge in [0.05, 0.1) is 16.3 Å². The molecule has 0 bridgehead atoms. The third-order valence-corrected chi connectivity index (χ3v) is 4.16. The number of hydrogen-bond donors (Lipinski definition) is 1. The second-order valence-electron chi connectivity index (χ2n) is 6.20. The van der Waals surface area contributed by atoms with Gasteiger partial charge in [0.25, 0.3) is 0 Å². The van der Waals surface area contributed by atoms with E-state index in [0.717, 1.165) is 0 Å². The maximum absolute atomic E-state index is 13.1. The Kier molecular flexibility index (Phi) is 3.36. The summed E-state index contributed by atoms with van der Waals surface area (Å²) in [5, 5.41) is 11.2. The molecule has 2 aromatic heterocycles. The number of para-hydroxylation sites is 1. The van der Waals surface area contributed by atoms with Crippen LogP contribution in [0.4, 0.5) is 0 Å². The van der Waals surface area contributed by atoms with Crippen molar-refractivity contribution in [3.63, 3.8) is 0 Å². The van der Waals surface area contributed by atoms with E-state index in [2.05, 4.69) is 0 Å². The van der Waals surface area contributed by atoms with Crippen LogP contribution in [0.3, 0.4) is 0 Å². The van der Waals surface area contributed by atoms with E-state index in [-0.39, 0.29) is 27.7 Å². The quantitative estimate of drug-likeness (QED) is 0.344. The van der Waals surface area contributed by atoms with Gasteiger partial charge in [0.2, 0.25) is 11.0 Å². The lowest BCUT2D eigenvalue weighted by molar-refractivity contribution is 0.384. The second-order valence-corrected chi connectivity index (χ2v) is 6.20. The molecule has 0 saturated carbocycles. The Balaban J connectivity index is 2.26. The fourth-order valence-corrected chi connectivity index (χ4v) is 3.07. The van der Waals surface area contributed by atoms with Gasteiger partial charge in [0.1, 0.15) is 16.9 Å². The number of aromatic hydroxyl groups is 1. The maximum Gasteiger partial charge on any atom is 0.380 e. The normalized spacial score (nSPS) is 11.8. The molecule has 6 heteroatoms. The molecule has 0 saturated heterocycles. The molecule has 4 rings (SSSR count). The van der Waals surface area contributed by atoms with Crippen molar-refractivity contribution in [2.24, 2.45) is 0 Å². The Bertz CT molecular complexity index is 1250. The summed E-state index contributed by atoms with van der Waals surface area (Å²) >= 11 is 0. The van der Waals surface area contributed by atoms with E-state index in [0.29, 0.717) is 28.5 Å². The van der Waals surface area contributed by atoms with Gasteiger partial charge in [0, 0.05) is 11.9 Å². The van der Waals surface area contributed by atoms with Gasteiger partial charge in [-0.1, -0.05) is 18.2 Å². The smallest absolute Gasteiger partial charge is 0.380 e. The van der Waals surface area contributed by atoms with Crippen molar-refractivity contribution in [2.45, 2.75) is 6.54 Å². The number of phenols is 1. The van der Waals surface area contributed by atoms with Gasteiger partial charge < -0.3 is 18.8 Å². The molecule has 0 spiro atoms. The lowest BCUT2D eigenvalue weighted by atomic mass is 10.1. The predicted molar refractivity (Wildman–Crippen MR) is 95.1 cm³/mol. The summed E-state index contributed by atoms with van der Waals surface area (Å²) < 4.78 is 11.1. The van der Waals surface area contributed by atoms with E-state index in [4.69, 9.17) is 8.83 Å². The van der Waals surface area contributed by atoms with Crippen molar-refractivity contribution in [3.8, 4) is 5.75 Å². The summed E-state index contributed by atoms with van der Waals surface area (Å²) in [6, 6.07) is 9.82. The fraction of sp³-hybridized carbons (Fsp3) is 0.158. The third-order valence-electron chi connectivity index (χ3n) is 4.16. The number of rotatable bonds is 2. The first-order chi connectivity index (χ1) is 12.0. The Morgan fingerprint density at radius 1 is 0.960 bits per heavy atom. The molecule has 0 radical (unpaired) electrons. The molecule has 0 unspecified atom stereocenters. The Morgan fingerprint density at radius 2 is 1.72 bits per heavy atom. The first kappa shape index (κ1) is 15.4. The van der Waals surface area contributed by atoms with E-state index < -0.39 is 5.63 Å². The fourth-order valence-electron chi connectivity index (χ4n) is 3.07. The molecule has 0 atom stereocenters. The topological polar surface area (TPSA) is 83.9 Å². The molecular weight excluding hydrogens is 322 g/mol. The minimum atomic E-state index is -0.716. The van der Waals surface area contributed by atoms with Crippen molar-refractivity contribution >= 4 is 32.9 Å². The van der Waals surface area contributed by atoms with Gasteiger partial charge in [-0.05, 0) is 32.3 Å². The summed E-state index contributed by atoms with van der Waals surface area (Å²) in [5.41, 5.74) is -0.184. The summed E-state index contributed by atoms with van der Waals surface area (Å²) in [5.74, 6) is 0.00822.